The summed E-state index contributed by atoms with van der Waals surface area (Å²) < 4.78 is 9.76. The average Bonchev–Trinajstić information content (AvgIpc) is 2.89. The number of hydrogen-bond acceptors (Lipinski definition) is 1. The van der Waals surface area contributed by atoms with Crippen molar-refractivity contribution in [2.24, 2.45) is 14.1 Å². The summed E-state index contributed by atoms with van der Waals surface area (Å²) in [7, 11) is 4.11. The summed E-state index contributed by atoms with van der Waals surface area (Å²) in [6.45, 7) is 0. The van der Waals surface area contributed by atoms with Crippen LogP contribution in [-0.2, 0) is 14.1 Å². The molecule has 4 heteroatoms. The second kappa shape index (κ2) is 4.26. The minimum absolute atomic E-state index is 0. The average molecular weight is 249 g/mol. The summed E-state index contributed by atoms with van der Waals surface area (Å²) in [5.74, 6) is 1.97. The molecule has 2 aromatic heterocycles. The molecule has 0 atom stereocenters. The van der Waals surface area contributed by atoms with Crippen molar-refractivity contribution in [2.45, 2.75) is 0 Å². The third kappa shape index (κ3) is 1.63. The number of nitrogens with zero attached hydrogens (tertiary/aromatic N) is 2. The zero-order chi connectivity index (χ0) is 11.1. The molecular weight excluding hydrogens is 236 g/mol. The van der Waals surface area contributed by atoms with E-state index < -0.39 is 0 Å². The third-order valence-corrected chi connectivity index (χ3v) is 2.98. The quantitative estimate of drug-likeness (QED) is 0.521. The molecule has 0 saturated carbocycles. The van der Waals surface area contributed by atoms with Gasteiger partial charge in [-0.3, -0.25) is 0 Å². The zero-order valence-corrected chi connectivity index (χ0v) is 10.5. The largest absolute Gasteiger partial charge is 1.00 e. The van der Waals surface area contributed by atoms with Crippen LogP contribution >= 0.6 is 0 Å². The van der Waals surface area contributed by atoms with Gasteiger partial charge in [0.15, 0.2) is 11.0 Å². The van der Waals surface area contributed by atoms with Crippen LogP contribution in [0.2, 0.25) is 0 Å². The minimum Gasteiger partial charge on any atom is -1.00 e. The highest BCUT2D eigenvalue weighted by atomic mass is 35.5. The number of hydrogen-bond donors (Lipinski definition) is 0. The van der Waals surface area contributed by atoms with Crippen LogP contribution < -0.4 is 17.0 Å². The van der Waals surface area contributed by atoms with Gasteiger partial charge < -0.3 is 16.8 Å². The molecule has 0 fully saturated rings. The molecular formula is C13H13ClN2O. The number of fused-ring (bicyclic) bond motifs is 1. The molecule has 0 aliphatic carbocycles. The van der Waals surface area contributed by atoms with Gasteiger partial charge in [-0.15, -0.1) is 0 Å². The second-order valence-corrected chi connectivity index (χ2v) is 3.91. The van der Waals surface area contributed by atoms with Crippen LogP contribution in [0.5, 0.6) is 0 Å². The zero-order valence-electron chi connectivity index (χ0n) is 9.72. The lowest BCUT2D eigenvalue weighted by atomic mass is 10.3. The predicted molar refractivity (Wildman–Crippen MR) is 61.8 cm³/mol. The van der Waals surface area contributed by atoms with Crippen molar-refractivity contribution in [1.82, 2.24) is 4.57 Å². The fraction of sp³-hybridized carbons (Fsp3) is 0.154. The van der Waals surface area contributed by atoms with E-state index in [9.17, 15) is 0 Å². The van der Waals surface area contributed by atoms with Crippen LogP contribution in [0.4, 0.5) is 0 Å². The molecule has 0 saturated heterocycles. The van der Waals surface area contributed by atoms with E-state index in [1.54, 1.807) is 6.26 Å². The summed E-state index contributed by atoms with van der Waals surface area (Å²) >= 11 is 0. The van der Waals surface area contributed by atoms with Crippen LogP contribution in [0.1, 0.15) is 0 Å². The van der Waals surface area contributed by atoms with Gasteiger partial charge in [0.2, 0.25) is 5.76 Å². The van der Waals surface area contributed by atoms with Gasteiger partial charge in [-0.05, 0) is 24.3 Å². The number of imidazole rings is 1. The molecule has 0 aliphatic heterocycles. The maximum atomic E-state index is 5.47. The third-order valence-electron chi connectivity index (χ3n) is 2.98. The van der Waals surface area contributed by atoms with E-state index in [1.807, 2.05) is 24.3 Å². The topological polar surface area (TPSA) is 21.9 Å². The predicted octanol–water partition coefficient (Wildman–Crippen LogP) is -0.733. The Labute approximate surface area is 106 Å². The van der Waals surface area contributed by atoms with Crippen LogP contribution in [0.3, 0.4) is 0 Å². The van der Waals surface area contributed by atoms with Crippen LogP contribution in [0.15, 0.2) is 47.1 Å². The Hall–Kier alpha value is -1.74. The highest BCUT2D eigenvalue weighted by Crippen LogP contribution is 2.21. The Morgan fingerprint density at radius 2 is 1.88 bits per heavy atom. The lowest BCUT2D eigenvalue weighted by molar-refractivity contribution is -0.634. The fourth-order valence-electron chi connectivity index (χ4n) is 2.22. The van der Waals surface area contributed by atoms with E-state index in [0.717, 1.165) is 11.6 Å². The normalized spacial score (nSPS) is 10.5. The SMILES string of the molecule is Cn1c(-c2ccco2)[n+](C)c2ccccc21.[Cl-]. The maximum absolute atomic E-state index is 5.47. The number of para-hydroxylation sites is 2. The number of rotatable bonds is 1. The number of aryl methyl sites for hydroxylation is 2. The van der Waals surface area contributed by atoms with Crippen molar-refractivity contribution < 1.29 is 21.4 Å². The summed E-state index contributed by atoms with van der Waals surface area (Å²) in [5.41, 5.74) is 2.41. The monoisotopic (exact) mass is 248 g/mol. The number of halogens is 1. The molecule has 2 heterocycles. The van der Waals surface area contributed by atoms with E-state index >= 15 is 0 Å². The van der Waals surface area contributed by atoms with E-state index in [-0.39, 0.29) is 12.4 Å². The molecule has 0 unspecified atom stereocenters. The smallest absolute Gasteiger partial charge is 0.325 e. The molecule has 3 nitrogen and oxygen atoms in total. The van der Waals surface area contributed by atoms with Crippen molar-refractivity contribution in [3.8, 4) is 11.6 Å². The lowest BCUT2D eigenvalue weighted by Gasteiger charge is -1.93. The molecule has 0 radical (unpaired) electrons. The molecule has 0 bridgehead atoms. The Kier molecular flexibility index (Phi) is 2.94. The molecule has 0 spiro atoms. The van der Waals surface area contributed by atoms with Crippen LogP contribution in [-0.4, -0.2) is 4.57 Å². The summed E-state index contributed by atoms with van der Waals surface area (Å²) in [5, 5.41) is 0. The molecule has 0 aliphatic rings. The van der Waals surface area contributed by atoms with Gasteiger partial charge in [0.25, 0.3) is 0 Å². The second-order valence-electron chi connectivity index (χ2n) is 3.91. The first-order valence-electron chi connectivity index (χ1n) is 5.26. The first-order chi connectivity index (χ1) is 7.79. The van der Waals surface area contributed by atoms with Crippen LogP contribution in [0.25, 0.3) is 22.6 Å². The van der Waals surface area contributed by atoms with Crippen LogP contribution in [0, 0.1) is 0 Å². The Bertz CT molecular complexity index is 602. The van der Waals surface area contributed by atoms with E-state index in [4.69, 9.17) is 4.42 Å². The fourth-order valence-corrected chi connectivity index (χ4v) is 2.22. The van der Waals surface area contributed by atoms with Crippen molar-refractivity contribution >= 4 is 11.0 Å². The first-order valence-corrected chi connectivity index (χ1v) is 5.26. The number of furan rings is 1. The van der Waals surface area contributed by atoms with Crippen molar-refractivity contribution in [3.05, 3.63) is 42.7 Å². The van der Waals surface area contributed by atoms with E-state index in [2.05, 4.69) is 35.4 Å². The lowest BCUT2D eigenvalue weighted by Crippen LogP contribution is -3.00. The number of aromatic nitrogens is 2. The highest BCUT2D eigenvalue weighted by molar-refractivity contribution is 5.74. The van der Waals surface area contributed by atoms with Gasteiger partial charge in [0, 0.05) is 0 Å². The van der Waals surface area contributed by atoms with Gasteiger partial charge in [0.1, 0.15) is 0 Å². The molecule has 17 heavy (non-hydrogen) atoms. The highest BCUT2D eigenvalue weighted by Gasteiger charge is 2.22. The molecule has 88 valence electrons. The van der Waals surface area contributed by atoms with Crippen molar-refractivity contribution in [1.29, 1.82) is 0 Å². The Balaban J connectivity index is 0.00000108. The Morgan fingerprint density at radius 3 is 2.53 bits per heavy atom. The molecule has 1 aromatic carbocycles. The summed E-state index contributed by atoms with van der Waals surface area (Å²) in [6.07, 6.45) is 1.70. The van der Waals surface area contributed by atoms with Crippen molar-refractivity contribution in [2.75, 3.05) is 0 Å². The Morgan fingerprint density at radius 1 is 1.12 bits per heavy atom. The number of benzene rings is 1. The standard InChI is InChI=1S/C13H13N2O.ClH/c1-14-10-6-3-4-7-11(10)15(2)13(14)12-8-5-9-16-12;/h3-9H,1-2H3;1H/q+1;/p-1. The van der Waals surface area contributed by atoms with E-state index in [1.165, 1.54) is 11.0 Å². The molecule has 3 rings (SSSR count). The molecule has 0 N–H and O–H groups in total. The van der Waals surface area contributed by atoms with Crippen molar-refractivity contribution in [3.63, 3.8) is 0 Å². The van der Waals surface area contributed by atoms with Gasteiger partial charge in [0.05, 0.1) is 20.4 Å². The van der Waals surface area contributed by atoms with Gasteiger partial charge in [-0.2, -0.15) is 0 Å². The molecule has 3 aromatic rings. The van der Waals surface area contributed by atoms with Gasteiger partial charge in [-0.1, -0.05) is 12.1 Å². The van der Waals surface area contributed by atoms with Gasteiger partial charge in [-0.25, -0.2) is 9.13 Å². The first kappa shape index (κ1) is 11.7. The minimum atomic E-state index is 0. The molecule has 0 amide bonds. The van der Waals surface area contributed by atoms with Gasteiger partial charge >= 0.3 is 5.82 Å². The van der Waals surface area contributed by atoms with E-state index in [0.29, 0.717) is 0 Å². The maximum Gasteiger partial charge on any atom is 0.325 e. The summed E-state index contributed by atoms with van der Waals surface area (Å²) in [6, 6.07) is 12.2. The summed E-state index contributed by atoms with van der Waals surface area (Å²) in [4.78, 5) is 0.